The number of phosphoric acid groups is 1. The van der Waals surface area contributed by atoms with E-state index in [1.807, 2.05) is 0 Å². The van der Waals surface area contributed by atoms with E-state index in [4.69, 9.17) is 18.5 Å². The number of phosphoric ester groups is 1. The van der Waals surface area contributed by atoms with E-state index in [2.05, 4.69) is 17.7 Å². The molecule has 0 heterocycles. The highest BCUT2D eigenvalue weighted by molar-refractivity contribution is 7.48. The Morgan fingerprint density at radius 1 is 0.909 bits per heavy atom. The van der Waals surface area contributed by atoms with Crippen LogP contribution < -0.4 is 0 Å². The Morgan fingerprint density at radius 2 is 1.23 bits per heavy atom. The molecule has 9 heteroatoms. The number of carbonyl (C=O) groups excluding carboxylic acids is 2. The molecule has 126 valence electrons. The summed E-state index contributed by atoms with van der Waals surface area (Å²) in [6.45, 7) is 12.3. The minimum atomic E-state index is -4.10. The van der Waals surface area contributed by atoms with E-state index in [1.54, 1.807) is 0 Å². The number of esters is 2. The molecule has 22 heavy (non-hydrogen) atoms. The van der Waals surface area contributed by atoms with Crippen molar-refractivity contribution in [2.75, 3.05) is 7.11 Å². The maximum Gasteiger partial charge on any atom is 0.480 e. The van der Waals surface area contributed by atoms with Crippen LogP contribution in [0.2, 0.25) is 0 Å². The molecule has 0 rings (SSSR count). The van der Waals surface area contributed by atoms with Crippen LogP contribution in [0.3, 0.4) is 0 Å². The summed E-state index contributed by atoms with van der Waals surface area (Å²) in [7, 11) is -3.03. The summed E-state index contributed by atoms with van der Waals surface area (Å²) < 4.78 is 36.3. The van der Waals surface area contributed by atoms with Crippen LogP contribution in [0.25, 0.3) is 0 Å². The summed E-state index contributed by atoms with van der Waals surface area (Å²) in [4.78, 5) is 22.6. The fourth-order valence-electron chi connectivity index (χ4n) is 1.02. The average molecular weight is 336 g/mol. The van der Waals surface area contributed by atoms with Gasteiger partial charge in [-0.3, -0.25) is 4.52 Å². The SMILES string of the molecule is C=C(C)C(=O)OC(C)OP(=O)(OC)OC(C)OC(=O)C(=C)C. The summed E-state index contributed by atoms with van der Waals surface area (Å²) in [5.41, 5.74) is 0.291. The quantitative estimate of drug-likeness (QED) is 0.274. The zero-order chi connectivity index (χ0) is 17.5. The van der Waals surface area contributed by atoms with Gasteiger partial charge in [-0.1, -0.05) is 13.2 Å². The molecule has 2 unspecified atom stereocenters. The molecule has 0 aromatic heterocycles. The second-order valence-corrected chi connectivity index (χ2v) is 6.03. The lowest BCUT2D eigenvalue weighted by atomic mass is 10.4. The Hall–Kier alpha value is -1.47. The highest BCUT2D eigenvalue weighted by atomic mass is 31.2. The third-order valence-corrected chi connectivity index (χ3v) is 3.58. The lowest BCUT2D eigenvalue weighted by Gasteiger charge is -2.23. The van der Waals surface area contributed by atoms with Gasteiger partial charge in [0.05, 0.1) is 0 Å². The van der Waals surface area contributed by atoms with Gasteiger partial charge in [-0.25, -0.2) is 23.2 Å². The Bertz CT molecular complexity index is 458. The first-order chi connectivity index (χ1) is 10.0. The van der Waals surface area contributed by atoms with Crippen molar-refractivity contribution in [3.8, 4) is 0 Å². The Morgan fingerprint density at radius 3 is 1.45 bits per heavy atom. The summed E-state index contributed by atoms with van der Waals surface area (Å²) in [6, 6.07) is 0. The molecule has 0 amide bonds. The van der Waals surface area contributed by atoms with Crippen LogP contribution >= 0.6 is 7.82 Å². The first kappa shape index (κ1) is 20.5. The standard InChI is InChI=1S/C13H21O8P/c1-8(2)12(14)18-10(5)20-22(16,17-7)21-11(6)19-13(15)9(3)4/h10-11H,1,3H2,2,4-7H3. The van der Waals surface area contributed by atoms with Crippen molar-refractivity contribution in [1.82, 2.24) is 0 Å². The molecule has 0 N–H and O–H groups in total. The van der Waals surface area contributed by atoms with E-state index >= 15 is 0 Å². The molecular weight excluding hydrogens is 315 g/mol. The maximum atomic E-state index is 12.2. The third kappa shape index (κ3) is 7.51. The van der Waals surface area contributed by atoms with Crippen molar-refractivity contribution in [2.45, 2.75) is 40.3 Å². The van der Waals surface area contributed by atoms with Gasteiger partial charge in [-0.2, -0.15) is 0 Å². The molecule has 8 nitrogen and oxygen atoms in total. The predicted octanol–water partition coefficient (Wildman–Crippen LogP) is 2.70. The van der Waals surface area contributed by atoms with Crippen molar-refractivity contribution in [3.63, 3.8) is 0 Å². The van der Waals surface area contributed by atoms with E-state index in [0.29, 0.717) is 0 Å². The van der Waals surface area contributed by atoms with Crippen molar-refractivity contribution in [2.24, 2.45) is 0 Å². The largest absolute Gasteiger partial charge is 0.480 e. The van der Waals surface area contributed by atoms with Gasteiger partial charge < -0.3 is 9.47 Å². The second-order valence-electron chi connectivity index (χ2n) is 4.35. The predicted molar refractivity (Wildman–Crippen MR) is 77.5 cm³/mol. The van der Waals surface area contributed by atoms with Gasteiger partial charge in [0.15, 0.2) is 0 Å². The summed E-state index contributed by atoms with van der Waals surface area (Å²) in [6.07, 6.45) is -2.45. The highest BCUT2D eigenvalue weighted by Crippen LogP contribution is 2.51. The van der Waals surface area contributed by atoms with Crippen LogP contribution in [-0.2, 0) is 37.2 Å². The molecule has 0 bridgehead atoms. The zero-order valence-electron chi connectivity index (χ0n) is 13.3. The maximum absolute atomic E-state index is 12.2. The molecule has 0 aliphatic rings. The molecule has 2 atom stereocenters. The van der Waals surface area contributed by atoms with Crippen LogP contribution in [0.4, 0.5) is 0 Å². The van der Waals surface area contributed by atoms with E-state index in [0.717, 1.165) is 7.11 Å². The minimum absolute atomic E-state index is 0.146. The van der Waals surface area contributed by atoms with Gasteiger partial charge in [0.2, 0.25) is 12.6 Å². The number of ether oxygens (including phenoxy) is 2. The Labute approximate surface area is 129 Å². The van der Waals surface area contributed by atoms with Gasteiger partial charge in [0, 0.05) is 18.3 Å². The van der Waals surface area contributed by atoms with Crippen LogP contribution in [-0.4, -0.2) is 31.6 Å². The molecule has 0 spiro atoms. The van der Waals surface area contributed by atoms with Crippen molar-refractivity contribution in [1.29, 1.82) is 0 Å². The fourth-order valence-corrected chi connectivity index (χ4v) is 2.06. The fraction of sp³-hybridized carbons (Fsp3) is 0.538. The van der Waals surface area contributed by atoms with Gasteiger partial charge in [-0.15, -0.1) is 0 Å². The minimum Gasteiger partial charge on any atom is -0.432 e. The lowest BCUT2D eigenvalue weighted by Crippen LogP contribution is -2.22. The first-order valence-corrected chi connectivity index (χ1v) is 7.72. The smallest absolute Gasteiger partial charge is 0.432 e. The summed E-state index contributed by atoms with van der Waals surface area (Å²) >= 11 is 0. The molecule has 0 aliphatic carbocycles. The van der Waals surface area contributed by atoms with Crippen LogP contribution in [0.5, 0.6) is 0 Å². The summed E-state index contributed by atoms with van der Waals surface area (Å²) in [5.74, 6) is -1.45. The zero-order valence-corrected chi connectivity index (χ0v) is 14.2. The molecule has 0 aromatic carbocycles. The van der Waals surface area contributed by atoms with Gasteiger partial charge in [0.1, 0.15) is 0 Å². The second kappa shape index (κ2) is 8.85. The Kier molecular flexibility index (Phi) is 8.26. The molecule has 0 saturated heterocycles. The van der Waals surface area contributed by atoms with Crippen molar-refractivity contribution >= 4 is 19.8 Å². The van der Waals surface area contributed by atoms with Crippen LogP contribution in [0, 0.1) is 0 Å². The van der Waals surface area contributed by atoms with E-state index < -0.39 is 32.3 Å². The van der Waals surface area contributed by atoms with Gasteiger partial charge >= 0.3 is 19.8 Å². The van der Waals surface area contributed by atoms with Gasteiger partial charge in [0.25, 0.3) is 0 Å². The molecule has 0 saturated carbocycles. The molecule has 0 radical (unpaired) electrons. The number of rotatable bonds is 9. The van der Waals surface area contributed by atoms with Crippen LogP contribution in [0.15, 0.2) is 24.3 Å². The van der Waals surface area contributed by atoms with Crippen molar-refractivity contribution in [3.05, 3.63) is 24.3 Å². The van der Waals surface area contributed by atoms with E-state index in [9.17, 15) is 14.2 Å². The average Bonchev–Trinajstić information content (AvgIpc) is 2.37. The summed E-state index contributed by atoms with van der Waals surface area (Å²) in [5, 5.41) is 0. The molecular formula is C13H21O8P. The van der Waals surface area contributed by atoms with Gasteiger partial charge in [-0.05, 0) is 27.7 Å². The van der Waals surface area contributed by atoms with Crippen molar-refractivity contribution < 1.29 is 37.2 Å². The lowest BCUT2D eigenvalue weighted by molar-refractivity contribution is -0.165. The highest BCUT2D eigenvalue weighted by Gasteiger charge is 2.33. The molecule has 0 aliphatic heterocycles. The number of hydrogen-bond donors (Lipinski definition) is 0. The molecule has 0 fully saturated rings. The van der Waals surface area contributed by atoms with E-state index in [-0.39, 0.29) is 11.1 Å². The number of carbonyl (C=O) groups is 2. The monoisotopic (exact) mass is 336 g/mol. The third-order valence-electron chi connectivity index (χ3n) is 2.02. The molecule has 0 aromatic rings. The number of hydrogen-bond acceptors (Lipinski definition) is 8. The van der Waals surface area contributed by atoms with E-state index in [1.165, 1.54) is 27.7 Å². The first-order valence-electron chi connectivity index (χ1n) is 6.26. The topological polar surface area (TPSA) is 97.4 Å². The Balaban J connectivity index is 4.66. The van der Waals surface area contributed by atoms with Crippen LogP contribution in [0.1, 0.15) is 27.7 Å². The normalized spacial score (nSPS) is 16.0.